The number of aromatic nitrogens is 2. The SMILES string of the molecule is CNc1nc(C2CCN(C(=O)C[C@H]3CCCCO3)CC2)nc2c1CN(C(C)=O)CC2. The lowest BCUT2D eigenvalue weighted by atomic mass is 9.94. The van der Waals surface area contributed by atoms with Gasteiger partial charge >= 0.3 is 0 Å². The highest BCUT2D eigenvalue weighted by Crippen LogP contribution is 2.31. The second-order valence-corrected chi connectivity index (χ2v) is 8.64. The molecule has 1 aromatic rings. The second kappa shape index (κ2) is 9.29. The largest absolute Gasteiger partial charge is 0.378 e. The molecule has 0 saturated carbocycles. The summed E-state index contributed by atoms with van der Waals surface area (Å²) in [6, 6.07) is 0. The van der Waals surface area contributed by atoms with Crippen LogP contribution in [0, 0.1) is 0 Å². The molecule has 2 fully saturated rings. The minimum atomic E-state index is 0.0856. The molecule has 1 atom stereocenters. The van der Waals surface area contributed by atoms with Crippen LogP contribution in [0.15, 0.2) is 0 Å². The van der Waals surface area contributed by atoms with Crippen LogP contribution < -0.4 is 5.32 Å². The molecule has 4 heterocycles. The van der Waals surface area contributed by atoms with Gasteiger partial charge in [0.25, 0.3) is 0 Å². The van der Waals surface area contributed by atoms with Crippen molar-refractivity contribution in [3.8, 4) is 0 Å². The molecule has 164 valence electrons. The number of anilines is 1. The zero-order chi connectivity index (χ0) is 21.1. The highest BCUT2D eigenvalue weighted by molar-refractivity contribution is 5.77. The van der Waals surface area contributed by atoms with Crippen LogP contribution >= 0.6 is 0 Å². The second-order valence-electron chi connectivity index (χ2n) is 8.64. The summed E-state index contributed by atoms with van der Waals surface area (Å²) in [6.45, 7) is 5.17. The molecule has 1 N–H and O–H groups in total. The quantitative estimate of drug-likeness (QED) is 0.810. The third kappa shape index (κ3) is 4.58. The van der Waals surface area contributed by atoms with Crippen molar-refractivity contribution in [3.05, 3.63) is 17.1 Å². The summed E-state index contributed by atoms with van der Waals surface area (Å²) in [5.41, 5.74) is 2.08. The number of hydrogen-bond donors (Lipinski definition) is 1. The van der Waals surface area contributed by atoms with Gasteiger partial charge in [0.1, 0.15) is 11.6 Å². The molecule has 2 saturated heterocycles. The lowest BCUT2D eigenvalue weighted by molar-refractivity contribution is -0.136. The molecule has 8 heteroatoms. The molecule has 4 rings (SSSR count). The number of rotatable bonds is 4. The van der Waals surface area contributed by atoms with Crippen LogP contribution in [0.1, 0.15) is 68.4 Å². The van der Waals surface area contributed by atoms with E-state index in [0.29, 0.717) is 19.5 Å². The van der Waals surface area contributed by atoms with Gasteiger partial charge in [-0.3, -0.25) is 9.59 Å². The summed E-state index contributed by atoms with van der Waals surface area (Å²) in [5.74, 6) is 2.27. The van der Waals surface area contributed by atoms with E-state index < -0.39 is 0 Å². The Kier molecular flexibility index (Phi) is 6.51. The summed E-state index contributed by atoms with van der Waals surface area (Å²) in [5, 5.41) is 3.20. The van der Waals surface area contributed by atoms with Gasteiger partial charge in [-0.15, -0.1) is 0 Å². The van der Waals surface area contributed by atoms with E-state index in [1.54, 1.807) is 6.92 Å². The first kappa shape index (κ1) is 21.0. The number of carbonyl (C=O) groups excluding carboxylic acids is 2. The average Bonchev–Trinajstić information content (AvgIpc) is 2.78. The van der Waals surface area contributed by atoms with Crippen LogP contribution in [-0.2, 0) is 27.3 Å². The zero-order valence-corrected chi connectivity index (χ0v) is 18.2. The van der Waals surface area contributed by atoms with E-state index >= 15 is 0 Å². The maximum atomic E-state index is 12.7. The third-order valence-corrected chi connectivity index (χ3v) is 6.65. The highest BCUT2D eigenvalue weighted by atomic mass is 16.5. The first-order chi connectivity index (χ1) is 14.5. The van der Waals surface area contributed by atoms with Gasteiger partial charge < -0.3 is 19.9 Å². The normalized spacial score (nSPS) is 22.5. The lowest BCUT2D eigenvalue weighted by Gasteiger charge is -2.34. The van der Waals surface area contributed by atoms with Crippen molar-refractivity contribution in [2.45, 2.75) is 70.4 Å². The molecule has 3 aliphatic heterocycles. The average molecular weight is 416 g/mol. The van der Waals surface area contributed by atoms with Gasteiger partial charge in [-0.25, -0.2) is 9.97 Å². The van der Waals surface area contributed by atoms with E-state index in [4.69, 9.17) is 14.7 Å². The number of fused-ring (bicyclic) bond motifs is 1. The molecule has 0 spiro atoms. The van der Waals surface area contributed by atoms with Crippen LogP contribution in [0.3, 0.4) is 0 Å². The van der Waals surface area contributed by atoms with Gasteiger partial charge in [-0.05, 0) is 32.1 Å². The molecule has 1 aromatic heterocycles. The van der Waals surface area contributed by atoms with Crippen molar-refractivity contribution in [2.75, 3.05) is 38.6 Å². The Morgan fingerprint density at radius 1 is 1.10 bits per heavy atom. The number of nitrogens with one attached hydrogen (secondary N) is 1. The lowest BCUT2D eigenvalue weighted by Crippen LogP contribution is -2.40. The Morgan fingerprint density at radius 2 is 1.90 bits per heavy atom. The van der Waals surface area contributed by atoms with E-state index in [-0.39, 0.29) is 23.8 Å². The summed E-state index contributed by atoms with van der Waals surface area (Å²) >= 11 is 0. The van der Waals surface area contributed by atoms with E-state index in [2.05, 4.69) is 5.32 Å². The van der Waals surface area contributed by atoms with E-state index in [1.165, 1.54) is 0 Å². The van der Waals surface area contributed by atoms with Gasteiger partial charge in [-0.2, -0.15) is 0 Å². The number of likely N-dealkylation sites (tertiary alicyclic amines) is 1. The smallest absolute Gasteiger partial charge is 0.225 e. The van der Waals surface area contributed by atoms with Crippen LogP contribution in [0.2, 0.25) is 0 Å². The van der Waals surface area contributed by atoms with Gasteiger partial charge in [0.15, 0.2) is 0 Å². The minimum Gasteiger partial charge on any atom is -0.378 e. The van der Waals surface area contributed by atoms with Crippen molar-refractivity contribution in [3.63, 3.8) is 0 Å². The van der Waals surface area contributed by atoms with Crippen molar-refractivity contribution >= 4 is 17.6 Å². The van der Waals surface area contributed by atoms with E-state index in [9.17, 15) is 9.59 Å². The van der Waals surface area contributed by atoms with Crippen LogP contribution in [0.4, 0.5) is 5.82 Å². The van der Waals surface area contributed by atoms with Crippen molar-refractivity contribution < 1.29 is 14.3 Å². The zero-order valence-electron chi connectivity index (χ0n) is 18.2. The third-order valence-electron chi connectivity index (χ3n) is 6.65. The first-order valence-corrected chi connectivity index (χ1v) is 11.3. The fourth-order valence-corrected chi connectivity index (χ4v) is 4.77. The van der Waals surface area contributed by atoms with E-state index in [0.717, 1.165) is 81.1 Å². The maximum absolute atomic E-state index is 12.7. The molecule has 0 bridgehead atoms. The van der Waals surface area contributed by atoms with Gasteiger partial charge in [0.2, 0.25) is 11.8 Å². The molecule has 0 radical (unpaired) electrons. The van der Waals surface area contributed by atoms with Crippen molar-refractivity contribution in [2.24, 2.45) is 0 Å². The fraction of sp³-hybridized carbons (Fsp3) is 0.727. The number of carbonyl (C=O) groups is 2. The van der Waals surface area contributed by atoms with Crippen LogP contribution in [0.5, 0.6) is 0 Å². The topological polar surface area (TPSA) is 87.7 Å². The Labute approximate surface area is 178 Å². The van der Waals surface area contributed by atoms with E-state index in [1.807, 2.05) is 16.8 Å². The predicted molar refractivity (Wildman–Crippen MR) is 113 cm³/mol. The summed E-state index contributed by atoms with van der Waals surface area (Å²) in [6.07, 6.45) is 6.41. The van der Waals surface area contributed by atoms with Crippen LogP contribution in [-0.4, -0.2) is 71.0 Å². The van der Waals surface area contributed by atoms with Gasteiger partial charge in [0.05, 0.1) is 24.8 Å². The number of nitrogens with zero attached hydrogens (tertiary/aromatic N) is 4. The predicted octanol–water partition coefficient (Wildman–Crippen LogP) is 2.09. The van der Waals surface area contributed by atoms with Gasteiger partial charge in [-0.1, -0.05) is 0 Å². The molecule has 30 heavy (non-hydrogen) atoms. The van der Waals surface area contributed by atoms with Crippen molar-refractivity contribution in [1.29, 1.82) is 0 Å². The highest BCUT2D eigenvalue weighted by Gasteiger charge is 2.30. The fourth-order valence-electron chi connectivity index (χ4n) is 4.77. The molecule has 0 aromatic carbocycles. The Bertz CT molecular complexity index is 768. The van der Waals surface area contributed by atoms with Gasteiger partial charge in [0, 0.05) is 58.1 Å². The van der Waals surface area contributed by atoms with Crippen LogP contribution in [0.25, 0.3) is 0 Å². The Balaban J connectivity index is 1.39. The number of ether oxygens (including phenoxy) is 1. The standard InChI is InChI=1S/C22H33N5O3/c1-15(28)27-11-8-19-18(14-27)22(23-2)25-21(24-19)16-6-9-26(10-7-16)20(29)13-17-5-3-4-12-30-17/h16-17H,3-14H2,1-2H3,(H,23,24,25)/t17-/m1/s1. The molecule has 3 aliphatic rings. The summed E-state index contributed by atoms with van der Waals surface area (Å²) in [4.78, 5) is 37.9. The molecule has 0 aliphatic carbocycles. The first-order valence-electron chi connectivity index (χ1n) is 11.3. The maximum Gasteiger partial charge on any atom is 0.225 e. The Hall–Kier alpha value is -2.22. The number of hydrogen-bond acceptors (Lipinski definition) is 6. The minimum absolute atomic E-state index is 0.0856. The Morgan fingerprint density at radius 3 is 2.57 bits per heavy atom. The molecule has 2 amide bonds. The molecular formula is C22H33N5O3. The summed E-state index contributed by atoms with van der Waals surface area (Å²) < 4.78 is 5.73. The monoisotopic (exact) mass is 415 g/mol. The number of amides is 2. The molecule has 8 nitrogen and oxygen atoms in total. The summed E-state index contributed by atoms with van der Waals surface area (Å²) in [7, 11) is 1.87. The molecule has 0 unspecified atom stereocenters. The molecular weight excluding hydrogens is 382 g/mol. The van der Waals surface area contributed by atoms with Crippen molar-refractivity contribution in [1.82, 2.24) is 19.8 Å². The number of piperidine rings is 1.